The summed E-state index contributed by atoms with van der Waals surface area (Å²) in [6, 6.07) is 2.04. The number of anilines is 1. The SMILES string of the molecule is COCC1(CNc2nccn3nc(C)cc23)CCCN1. The topological polar surface area (TPSA) is 63.5 Å². The highest BCUT2D eigenvalue weighted by Crippen LogP contribution is 2.22. The zero-order chi connectivity index (χ0) is 14.0. The summed E-state index contributed by atoms with van der Waals surface area (Å²) in [6.07, 6.45) is 5.95. The molecule has 3 heterocycles. The molecule has 0 bridgehead atoms. The molecular formula is C14H21N5O. The number of ether oxygens (including phenoxy) is 1. The lowest BCUT2D eigenvalue weighted by Gasteiger charge is -2.29. The van der Waals surface area contributed by atoms with Gasteiger partial charge in [-0.1, -0.05) is 0 Å². The van der Waals surface area contributed by atoms with Crippen molar-refractivity contribution in [1.29, 1.82) is 0 Å². The second kappa shape index (κ2) is 5.38. The van der Waals surface area contributed by atoms with E-state index in [1.165, 1.54) is 6.42 Å². The van der Waals surface area contributed by atoms with Gasteiger partial charge in [0.05, 0.1) is 17.8 Å². The first-order valence-corrected chi connectivity index (χ1v) is 7.01. The van der Waals surface area contributed by atoms with Gasteiger partial charge in [0.25, 0.3) is 0 Å². The van der Waals surface area contributed by atoms with Crippen molar-refractivity contribution in [2.45, 2.75) is 25.3 Å². The van der Waals surface area contributed by atoms with Crippen LogP contribution >= 0.6 is 0 Å². The lowest BCUT2D eigenvalue weighted by molar-refractivity contribution is 0.127. The molecule has 3 rings (SSSR count). The number of rotatable bonds is 5. The first kappa shape index (κ1) is 13.3. The molecule has 0 aliphatic carbocycles. The van der Waals surface area contributed by atoms with Gasteiger partial charge in [-0.2, -0.15) is 5.10 Å². The van der Waals surface area contributed by atoms with E-state index in [0.717, 1.165) is 36.5 Å². The van der Waals surface area contributed by atoms with Gasteiger partial charge < -0.3 is 15.4 Å². The lowest BCUT2D eigenvalue weighted by Crippen LogP contribution is -2.49. The van der Waals surface area contributed by atoms with Crippen LogP contribution in [0.4, 0.5) is 5.82 Å². The summed E-state index contributed by atoms with van der Waals surface area (Å²) >= 11 is 0. The van der Waals surface area contributed by atoms with E-state index in [0.29, 0.717) is 6.61 Å². The number of hydrogen-bond donors (Lipinski definition) is 2. The number of aromatic nitrogens is 3. The summed E-state index contributed by atoms with van der Waals surface area (Å²) in [5, 5.41) is 11.4. The second-order valence-electron chi connectivity index (χ2n) is 5.49. The maximum Gasteiger partial charge on any atom is 0.152 e. The largest absolute Gasteiger partial charge is 0.383 e. The van der Waals surface area contributed by atoms with Gasteiger partial charge in [-0.25, -0.2) is 9.50 Å². The molecule has 1 aliphatic rings. The Labute approximate surface area is 118 Å². The summed E-state index contributed by atoms with van der Waals surface area (Å²) in [6.45, 7) is 4.55. The molecule has 0 aromatic carbocycles. The quantitative estimate of drug-likeness (QED) is 0.859. The van der Waals surface area contributed by atoms with E-state index < -0.39 is 0 Å². The van der Waals surface area contributed by atoms with Crippen LogP contribution in [-0.4, -0.2) is 46.9 Å². The minimum absolute atomic E-state index is 0.0122. The standard InChI is InChI=1S/C14H21N5O/c1-11-8-12-13(15-6-7-19(12)18-11)16-9-14(10-20-2)4-3-5-17-14/h6-8,17H,3-5,9-10H2,1-2H3,(H,15,16). The Bertz CT molecular complexity index is 588. The summed E-state index contributed by atoms with van der Waals surface area (Å²) in [4.78, 5) is 4.43. The van der Waals surface area contributed by atoms with Crippen LogP contribution in [0.5, 0.6) is 0 Å². The van der Waals surface area contributed by atoms with E-state index in [9.17, 15) is 0 Å². The highest BCUT2D eigenvalue weighted by molar-refractivity contribution is 5.67. The maximum absolute atomic E-state index is 5.37. The molecule has 1 unspecified atom stereocenters. The van der Waals surface area contributed by atoms with E-state index in [1.807, 2.05) is 23.7 Å². The normalized spacial score (nSPS) is 22.5. The predicted octanol–water partition coefficient (Wildman–Crippen LogP) is 1.22. The van der Waals surface area contributed by atoms with Gasteiger partial charge >= 0.3 is 0 Å². The second-order valence-corrected chi connectivity index (χ2v) is 5.49. The monoisotopic (exact) mass is 275 g/mol. The predicted molar refractivity (Wildman–Crippen MR) is 78.1 cm³/mol. The zero-order valence-electron chi connectivity index (χ0n) is 12.0. The van der Waals surface area contributed by atoms with Crippen molar-refractivity contribution in [3.05, 3.63) is 24.2 Å². The van der Waals surface area contributed by atoms with Crippen LogP contribution < -0.4 is 10.6 Å². The van der Waals surface area contributed by atoms with E-state index in [-0.39, 0.29) is 5.54 Å². The highest BCUT2D eigenvalue weighted by Gasteiger charge is 2.33. The Kier molecular flexibility index (Phi) is 3.58. The summed E-state index contributed by atoms with van der Waals surface area (Å²) in [5.41, 5.74) is 2.01. The molecule has 1 atom stereocenters. The number of nitrogens with zero attached hydrogens (tertiary/aromatic N) is 3. The number of hydrogen-bond acceptors (Lipinski definition) is 5. The molecule has 0 amide bonds. The third-order valence-electron chi connectivity index (χ3n) is 3.86. The first-order chi connectivity index (χ1) is 9.72. The third-order valence-corrected chi connectivity index (χ3v) is 3.86. The first-order valence-electron chi connectivity index (χ1n) is 7.01. The summed E-state index contributed by atoms with van der Waals surface area (Å²) in [7, 11) is 1.75. The Morgan fingerprint density at radius 2 is 2.45 bits per heavy atom. The van der Waals surface area contributed by atoms with E-state index in [2.05, 4.69) is 20.7 Å². The molecule has 1 saturated heterocycles. The molecule has 0 radical (unpaired) electrons. The van der Waals surface area contributed by atoms with Crippen molar-refractivity contribution in [2.75, 3.05) is 32.1 Å². The van der Waals surface area contributed by atoms with Gasteiger partial charge in [0.15, 0.2) is 5.82 Å². The van der Waals surface area contributed by atoms with Gasteiger partial charge in [-0.05, 0) is 32.4 Å². The smallest absolute Gasteiger partial charge is 0.152 e. The fourth-order valence-corrected chi connectivity index (χ4v) is 2.90. The van der Waals surface area contributed by atoms with E-state index in [4.69, 9.17) is 4.74 Å². The van der Waals surface area contributed by atoms with Crippen LogP contribution in [0.3, 0.4) is 0 Å². The molecule has 2 N–H and O–H groups in total. The van der Waals surface area contributed by atoms with Gasteiger partial charge in [0.2, 0.25) is 0 Å². The molecule has 1 fully saturated rings. The van der Waals surface area contributed by atoms with Crippen LogP contribution in [0.1, 0.15) is 18.5 Å². The maximum atomic E-state index is 5.37. The molecule has 6 heteroatoms. The van der Waals surface area contributed by atoms with Gasteiger partial charge in [0, 0.05) is 26.0 Å². The number of fused-ring (bicyclic) bond motifs is 1. The molecular weight excluding hydrogens is 254 g/mol. The molecule has 0 saturated carbocycles. The minimum atomic E-state index is 0.0122. The summed E-state index contributed by atoms with van der Waals surface area (Å²) in [5.74, 6) is 0.872. The average Bonchev–Trinajstić information content (AvgIpc) is 3.03. The lowest BCUT2D eigenvalue weighted by atomic mass is 9.99. The van der Waals surface area contributed by atoms with Crippen molar-refractivity contribution in [2.24, 2.45) is 0 Å². The van der Waals surface area contributed by atoms with Crippen LogP contribution in [0.25, 0.3) is 5.52 Å². The molecule has 1 aliphatic heterocycles. The van der Waals surface area contributed by atoms with Crippen molar-refractivity contribution in [1.82, 2.24) is 19.9 Å². The molecule has 0 spiro atoms. The highest BCUT2D eigenvalue weighted by atomic mass is 16.5. The number of methoxy groups -OCH3 is 1. The zero-order valence-corrected chi connectivity index (χ0v) is 12.0. The van der Waals surface area contributed by atoms with Gasteiger partial charge in [-0.3, -0.25) is 0 Å². The van der Waals surface area contributed by atoms with E-state index in [1.54, 1.807) is 13.3 Å². The molecule has 6 nitrogen and oxygen atoms in total. The van der Waals surface area contributed by atoms with Crippen molar-refractivity contribution >= 4 is 11.3 Å². The van der Waals surface area contributed by atoms with Crippen LogP contribution in [0.2, 0.25) is 0 Å². The number of nitrogens with one attached hydrogen (secondary N) is 2. The molecule has 108 valence electrons. The third kappa shape index (κ3) is 2.48. The Balaban J connectivity index is 1.79. The van der Waals surface area contributed by atoms with Gasteiger partial charge in [0.1, 0.15) is 5.52 Å². The minimum Gasteiger partial charge on any atom is -0.383 e. The summed E-state index contributed by atoms with van der Waals surface area (Å²) < 4.78 is 7.23. The molecule has 20 heavy (non-hydrogen) atoms. The van der Waals surface area contributed by atoms with Crippen molar-refractivity contribution < 1.29 is 4.74 Å². The Morgan fingerprint density at radius 3 is 3.20 bits per heavy atom. The van der Waals surface area contributed by atoms with Crippen LogP contribution in [0.15, 0.2) is 18.5 Å². The Hall–Kier alpha value is -1.66. The van der Waals surface area contributed by atoms with Crippen LogP contribution in [0, 0.1) is 6.92 Å². The van der Waals surface area contributed by atoms with Crippen molar-refractivity contribution in [3.8, 4) is 0 Å². The fourth-order valence-electron chi connectivity index (χ4n) is 2.90. The van der Waals surface area contributed by atoms with Crippen LogP contribution in [-0.2, 0) is 4.74 Å². The molecule has 2 aromatic rings. The fraction of sp³-hybridized carbons (Fsp3) is 0.571. The molecule has 2 aromatic heterocycles. The van der Waals surface area contributed by atoms with Gasteiger partial charge in [-0.15, -0.1) is 0 Å². The Morgan fingerprint density at radius 1 is 1.55 bits per heavy atom. The van der Waals surface area contributed by atoms with E-state index >= 15 is 0 Å². The average molecular weight is 275 g/mol. The number of aryl methyl sites for hydroxylation is 1. The van der Waals surface area contributed by atoms with Crippen molar-refractivity contribution in [3.63, 3.8) is 0 Å².